The fourth-order valence-electron chi connectivity index (χ4n) is 4.15. The van der Waals surface area contributed by atoms with Crippen molar-refractivity contribution in [3.63, 3.8) is 0 Å². The monoisotopic (exact) mass is 483 g/mol. The Bertz CT molecular complexity index is 1270. The van der Waals surface area contributed by atoms with Crippen molar-refractivity contribution in [3.05, 3.63) is 24.5 Å². The molecule has 2 aliphatic rings. The number of aromatic nitrogens is 4. The molecule has 1 aliphatic carbocycles. The van der Waals surface area contributed by atoms with Crippen LogP contribution in [0.4, 0.5) is 5.69 Å². The number of imidazole rings is 1. The number of rotatable bonds is 7. The molecule has 0 spiro atoms. The first-order chi connectivity index (χ1) is 16.7. The summed E-state index contributed by atoms with van der Waals surface area (Å²) in [6.07, 6.45) is 6.29. The maximum atomic E-state index is 11.9. The van der Waals surface area contributed by atoms with Gasteiger partial charge in [0.2, 0.25) is 11.8 Å². The van der Waals surface area contributed by atoms with Crippen LogP contribution in [-0.4, -0.2) is 55.4 Å². The van der Waals surface area contributed by atoms with Gasteiger partial charge in [0.25, 0.3) is 6.47 Å². The Balaban J connectivity index is 0.000000917. The molecule has 2 aromatic heterocycles. The van der Waals surface area contributed by atoms with Crippen LogP contribution in [0, 0.1) is 5.92 Å². The van der Waals surface area contributed by atoms with Crippen LogP contribution >= 0.6 is 0 Å². The van der Waals surface area contributed by atoms with Crippen molar-refractivity contribution in [2.75, 3.05) is 11.9 Å². The number of nitrogens with one attached hydrogen (secondary N) is 1. The van der Waals surface area contributed by atoms with Gasteiger partial charge in [-0.2, -0.15) is 5.10 Å². The molecule has 1 atom stereocenters. The molecule has 1 aromatic carbocycles. The maximum absolute atomic E-state index is 11.9. The number of anilines is 1. The van der Waals surface area contributed by atoms with E-state index in [-0.39, 0.29) is 18.3 Å². The predicted octanol–water partition coefficient (Wildman–Crippen LogP) is 1.28. The van der Waals surface area contributed by atoms with Crippen LogP contribution < -0.4 is 21.5 Å². The zero-order valence-corrected chi connectivity index (χ0v) is 19.6. The summed E-state index contributed by atoms with van der Waals surface area (Å²) >= 11 is 0. The van der Waals surface area contributed by atoms with Crippen molar-refractivity contribution in [1.29, 1.82) is 0 Å². The van der Waals surface area contributed by atoms with Gasteiger partial charge < -0.3 is 31.2 Å². The second-order valence-electron chi connectivity index (χ2n) is 9.20. The summed E-state index contributed by atoms with van der Waals surface area (Å²) in [6, 6.07) is 3.43. The molecule has 0 unspecified atom stereocenters. The molecule has 5 rings (SSSR count). The molecule has 1 aliphatic heterocycles. The number of ether oxygens (including phenoxy) is 1. The average Bonchev–Trinajstić information content (AvgIpc) is 3.45. The van der Waals surface area contributed by atoms with Crippen molar-refractivity contribution >= 4 is 35.0 Å². The van der Waals surface area contributed by atoms with Gasteiger partial charge in [0.1, 0.15) is 28.7 Å². The average molecular weight is 484 g/mol. The van der Waals surface area contributed by atoms with Crippen molar-refractivity contribution in [3.8, 4) is 17.1 Å². The highest BCUT2D eigenvalue weighted by molar-refractivity contribution is 5.91. The number of nitrogens with two attached hydrogens (primary N) is 2. The van der Waals surface area contributed by atoms with Crippen molar-refractivity contribution in [2.24, 2.45) is 17.4 Å². The topological polar surface area (TPSA) is 180 Å². The molecule has 3 heterocycles. The van der Waals surface area contributed by atoms with E-state index in [0.29, 0.717) is 12.4 Å². The minimum Gasteiger partial charge on any atom is -0.491 e. The lowest BCUT2D eigenvalue weighted by molar-refractivity contribution is -0.125. The number of nitrogens with zero attached hydrogens (tertiary/aromatic N) is 4. The standard InChI is InChI=1S/C22H27N7O3.CH2O2/c1-22(2,21(24)31)29-11-13(10-25-29)20-27-15-8-14(26-17(19(23)30)12-4-5-12)9-16-18(15)28(20)6-3-7-32-16;2-1-3/h8-12,17,26H,3-7H2,1-2H3,(H2,23,30)(H2,24,31);1H,(H,2,3)/t17-;/m0./s1. The van der Waals surface area contributed by atoms with Gasteiger partial charge in [-0.1, -0.05) is 0 Å². The van der Waals surface area contributed by atoms with Crippen LogP contribution in [-0.2, 0) is 26.5 Å². The van der Waals surface area contributed by atoms with E-state index in [2.05, 4.69) is 15.0 Å². The summed E-state index contributed by atoms with van der Waals surface area (Å²) in [5, 5.41) is 14.5. The van der Waals surface area contributed by atoms with Crippen LogP contribution in [0.15, 0.2) is 24.5 Å². The van der Waals surface area contributed by atoms with Crippen molar-refractivity contribution < 1.29 is 24.2 Å². The Morgan fingerprint density at radius 1 is 1.31 bits per heavy atom. The number of carboxylic acid groups (broad SMARTS) is 1. The Morgan fingerprint density at radius 2 is 2.03 bits per heavy atom. The first kappa shape index (κ1) is 24.0. The number of benzene rings is 1. The van der Waals surface area contributed by atoms with Gasteiger partial charge in [0, 0.05) is 24.5 Å². The Hall–Kier alpha value is -4.09. The summed E-state index contributed by atoms with van der Waals surface area (Å²) in [5.74, 6) is 0.907. The molecule has 186 valence electrons. The first-order valence-corrected chi connectivity index (χ1v) is 11.3. The SMILES string of the molecule is CC(C)(C(N)=O)n1cc(-c2nc3cc(N[C@H](C(N)=O)C4CC4)cc4c3n2CCCO4)cn1.O=CO. The first-order valence-electron chi connectivity index (χ1n) is 11.3. The summed E-state index contributed by atoms with van der Waals surface area (Å²) in [6.45, 7) is 4.52. The molecule has 0 bridgehead atoms. The molecule has 0 saturated heterocycles. The lowest BCUT2D eigenvalue weighted by atomic mass is 10.1. The second-order valence-corrected chi connectivity index (χ2v) is 9.20. The number of amides is 2. The highest BCUT2D eigenvalue weighted by Crippen LogP contribution is 2.38. The Morgan fingerprint density at radius 3 is 2.66 bits per heavy atom. The highest BCUT2D eigenvalue weighted by atomic mass is 16.5. The van der Waals surface area contributed by atoms with Crippen molar-refractivity contribution in [2.45, 2.75) is 51.2 Å². The smallest absolute Gasteiger partial charge is 0.290 e. The van der Waals surface area contributed by atoms with E-state index in [0.717, 1.165) is 53.9 Å². The zero-order chi connectivity index (χ0) is 25.3. The lowest BCUT2D eigenvalue weighted by Gasteiger charge is -2.20. The van der Waals surface area contributed by atoms with Crippen LogP contribution in [0.5, 0.6) is 5.75 Å². The molecule has 12 heteroatoms. The second kappa shape index (κ2) is 9.28. The zero-order valence-electron chi connectivity index (χ0n) is 19.6. The third-order valence-corrected chi connectivity index (χ3v) is 6.33. The van der Waals surface area contributed by atoms with Crippen LogP contribution in [0.25, 0.3) is 22.4 Å². The third-order valence-electron chi connectivity index (χ3n) is 6.33. The minimum atomic E-state index is -0.957. The number of hydrogen-bond acceptors (Lipinski definition) is 7. The van der Waals surface area contributed by atoms with Gasteiger partial charge in [-0.15, -0.1) is 0 Å². The Kier molecular flexibility index (Phi) is 6.37. The molecule has 3 aromatic rings. The van der Waals surface area contributed by atoms with E-state index in [4.69, 9.17) is 31.1 Å². The summed E-state index contributed by atoms with van der Waals surface area (Å²) in [4.78, 5) is 37.0. The van der Waals surface area contributed by atoms with Gasteiger partial charge in [-0.05, 0) is 45.1 Å². The summed E-state index contributed by atoms with van der Waals surface area (Å²) < 4.78 is 9.70. The number of carbonyl (C=O) groups is 3. The lowest BCUT2D eigenvalue weighted by Crippen LogP contribution is -2.41. The van der Waals surface area contributed by atoms with Crippen LogP contribution in [0.3, 0.4) is 0 Å². The summed E-state index contributed by atoms with van der Waals surface area (Å²) in [7, 11) is 0. The van der Waals surface area contributed by atoms with Gasteiger partial charge in [0.05, 0.1) is 23.9 Å². The maximum Gasteiger partial charge on any atom is 0.290 e. The number of carbonyl (C=O) groups excluding carboxylic acids is 2. The number of primary amides is 2. The summed E-state index contributed by atoms with van der Waals surface area (Å²) in [5.41, 5.74) is 13.4. The quantitative estimate of drug-likeness (QED) is 0.363. The molecule has 2 amide bonds. The number of aryl methyl sites for hydroxylation is 1. The van der Waals surface area contributed by atoms with Gasteiger partial charge in [-0.3, -0.25) is 19.1 Å². The largest absolute Gasteiger partial charge is 0.491 e. The molecule has 1 fully saturated rings. The predicted molar refractivity (Wildman–Crippen MR) is 128 cm³/mol. The van der Waals surface area contributed by atoms with Gasteiger partial charge >= 0.3 is 0 Å². The minimum absolute atomic E-state index is 0.250. The molecular weight excluding hydrogens is 454 g/mol. The van der Waals surface area contributed by atoms with E-state index >= 15 is 0 Å². The van der Waals surface area contributed by atoms with Gasteiger partial charge in [-0.25, -0.2) is 4.98 Å². The van der Waals surface area contributed by atoms with Crippen molar-refractivity contribution in [1.82, 2.24) is 19.3 Å². The fraction of sp³-hybridized carbons (Fsp3) is 0.435. The van der Waals surface area contributed by atoms with Crippen LogP contribution in [0.2, 0.25) is 0 Å². The van der Waals surface area contributed by atoms with E-state index < -0.39 is 17.5 Å². The Labute approximate surface area is 201 Å². The van der Waals surface area contributed by atoms with E-state index in [1.165, 1.54) is 0 Å². The van der Waals surface area contributed by atoms with Gasteiger partial charge in [0.15, 0.2) is 0 Å². The molecule has 35 heavy (non-hydrogen) atoms. The number of hydrogen-bond donors (Lipinski definition) is 4. The molecule has 0 radical (unpaired) electrons. The van der Waals surface area contributed by atoms with E-state index in [1.807, 2.05) is 12.1 Å². The molecule has 6 N–H and O–H groups in total. The fourth-order valence-corrected chi connectivity index (χ4v) is 4.15. The van der Waals surface area contributed by atoms with Crippen LogP contribution in [0.1, 0.15) is 33.1 Å². The van der Waals surface area contributed by atoms with E-state index in [9.17, 15) is 9.59 Å². The normalized spacial score (nSPS) is 15.8. The third kappa shape index (κ3) is 4.63. The van der Waals surface area contributed by atoms with E-state index in [1.54, 1.807) is 30.9 Å². The molecule has 12 nitrogen and oxygen atoms in total. The molecule has 1 saturated carbocycles. The highest BCUT2D eigenvalue weighted by Gasteiger charge is 2.35. The molecular formula is C23H29N7O5.